The number of halogens is 3. The van der Waals surface area contributed by atoms with E-state index >= 15 is 0 Å². The summed E-state index contributed by atoms with van der Waals surface area (Å²) in [4.78, 5) is 28.2. The summed E-state index contributed by atoms with van der Waals surface area (Å²) in [5.41, 5.74) is 5.81. The maximum Gasteiger partial charge on any atom is 0.417 e. The normalized spacial score (nSPS) is 11.3. The first-order valence-electron chi connectivity index (χ1n) is 13.2. The van der Waals surface area contributed by atoms with E-state index in [1.165, 1.54) is 23.6 Å². The number of anilines is 2. The number of hydrogen-bond donors (Lipinski definition) is 4. The van der Waals surface area contributed by atoms with Crippen molar-refractivity contribution in [2.75, 3.05) is 37.4 Å². The van der Waals surface area contributed by atoms with Gasteiger partial charge in [0, 0.05) is 55.5 Å². The number of aldehydes is 1. The molecule has 0 aliphatic rings. The minimum atomic E-state index is -4.69. The lowest BCUT2D eigenvalue weighted by molar-refractivity contribution is -0.137. The fraction of sp³-hybridized carbons (Fsp3) is 0.393. The van der Waals surface area contributed by atoms with E-state index in [2.05, 4.69) is 38.8 Å². The molecule has 43 heavy (non-hydrogen) atoms. The third-order valence-corrected chi connectivity index (χ3v) is 7.96. The third-order valence-electron chi connectivity index (χ3n) is 6.14. The predicted octanol–water partition coefficient (Wildman–Crippen LogP) is 3.64. The van der Waals surface area contributed by atoms with Gasteiger partial charge in [-0.2, -0.15) is 13.2 Å². The average molecular weight is 659 g/mol. The van der Waals surface area contributed by atoms with Gasteiger partial charge in [-0.25, -0.2) is 4.98 Å². The van der Waals surface area contributed by atoms with Gasteiger partial charge in [-0.05, 0) is 56.6 Å². The molecule has 0 bridgehead atoms. The number of rotatable bonds is 11. The summed E-state index contributed by atoms with van der Waals surface area (Å²) in [6.07, 6.45) is -0.909. The number of carbonyl (C=O) groups is 1. The quantitative estimate of drug-likeness (QED) is 0.0805. The van der Waals surface area contributed by atoms with Crippen LogP contribution in [0.3, 0.4) is 0 Å². The molecule has 15 heteroatoms. The molecule has 0 aliphatic heterocycles. The number of nitrogen functional groups attached to an aromatic ring is 1. The molecule has 0 saturated carbocycles. The van der Waals surface area contributed by atoms with Crippen LogP contribution in [-0.2, 0) is 19.8 Å². The molecule has 2 heterocycles. The second-order valence-corrected chi connectivity index (χ2v) is 11.6. The van der Waals surface area contributed by atoms with Crippen LogP contribution in [0.15, 0.2) is 29.2 Å². The monoisotopic (exact) mass is 658 g/mol. The van der Waals surface area contributed by atoms with E-state index in [9.17, 15) is 22.8 Å². The van der Waals surface area contributed by atoms with Gasteiger partial charge in [-0.1, -0.05) is 18.0 Å². The summed E-state index contributed by atoms with van der Waals surface area (Å²) >= 11 is 1.65. The molecule has 0 aliphatic carbocycles. The minimum absolute atomic E-state index is 0.0424. The Balaban J connectivity index is 0.000000821. The van der Waals surface area contributed by atoms with Crippen molar-refractivity contribution < 1.29 is 22.7 Å². The van der Waals surface area contributed by atoms with Gasteiger partial charge in [-0.3, -0.25) is 14.3 Å². The SMILES string of the molecule is CNCCNSC.Cc1c(P)c(N)cc(-c2nc(OC(C)C)c(C=O)c(NCc3ccc(=O)n(C)c3)c2P)c1C(F)(F)F. The summed E-state index contributed by atoms with van der Waals surface area (Å²) < 4.78 is 52.9. The van der Waals surface area contributed by atoms with E-state index in [0.29, 0.717) is 11.8 Å². The van der Waals surface area contributed by atoms with E-state index in [1.54, 1.807) is 45.1 Å². The van der Waals surface area contributed by atoms with E-state index in [0.717, 1.165) is 13.1 Å². The topological polar surface area (TPSA) is 123 Å². The van der Waals surface area contributed by atoms with Crippen LogP contribution >= 0.6 is 30.4 Å². The second kappa shape index (κ2) is 16.4. The van der Waals surface area contributed by atoms with Crippen LogP contribution in [0.25, 0.3) is 11.3 Å². The Hall–Kier alpha value is -2.69. The first-order chi connectivity index (χ1) is 20.2. The Morgan fingerprint density at radius 2 is 1.88 bits per heavy atom. The summed E-state index contributed by atoms with van der Waals surface area (Å²) in [6, 6.07) is 4.25. The van der Waals surface area contributed by atoms with Crippen LogP contribution in [0.4, 0.5) is 24.5 Å². The average Bonchev–Trinajstić information content (AvgIpc) is 2.92. The molecule has 2 atom stereocenters. The van der Waals surface area contributed by atoms with E-state index in [-0.39, 0.29) is 62.4 Å². The first kappa shape index (κ1) is 36.5. The lowest BCUT2D eigenvalue weighted by Crippen LogP contribution is -2.22. The smallest absolute Gasteiger partial charge is 0.417 e. The van der Waals surface area contributed by atoms with Crippen molar-refractivity contribution >= 4 is 58.7 Å². The van der Waals surface area contributed by atoms with Crippen molar-refractivity contribution in [3.05, 3.63) is 57.0 Å². The fourth-order valence-corrected chi connectivity index (χ4v) is 5.06. The van der Waals surface area contributed by atoms with Gasteiger partial charge >= 0.3 is 6.18 Å². The van der Waals surface area contributed by atoms with E-state index < -0.39 is 17.8 Å². The van der Waals surface area contributed by atoms with Crippen molar-refractivity contribution in [2.24, 2.45) is 7.05 Å². The molecule has 1 aromatic carbocycles. The first-order valence-corrected chi connectivity index (χ1v) is 15.6. The highest BCUT2D eigenvalue weighted by Crippen LogP contribution is 2.41. The number of likely N-dealkylation sites (N-methyl/N-ethyl adjacent to an activating group) is 1. The Kier molecular flexibility index (Phi) is 13.9. The number of alkyl halides is 3. The van der Waals surface area contributed by atoms with Gasteiger partial charge < -0.3 is 25.7 Å². The molecule has 0 amide bonds. The zero-order chi connectivity index (χ0) is 32.5. The number of benzene rings is 1. The molecule has 2 unspecified atom stereocenters. The molecule has 3 aromatic rings. The van der Waals surface area contributed by atoms with Crippen LogP contribution in [0.1, 0.15) is 40.9 Å². The zero-order valence-electron chi connectivity index (χ0n) is 25.0. The van der Waals surface area contributed by atoms with E-state index in [4.69, 9.17) is 10.5 Å². The molecule has 0 saturated heterocycles. The Morgan fingerprint density at radius 3 is 2.42 bits per heavy atom. The third kappa shape index (κ3) is 9.65. The van der Waals surface area contributed by atoms with Gasteiger partial charge in [0.2, 0.25) is 11.4 Å². The number of nitrogens with zero attached hydrogens (tertiary/aromatic N) is 2. The fourth-order valence-electron chi connectivity index (χ4n) is 4.05. The highest BCUT2D eigenvalue weighted by Gasteiger charge is 2.38. The van der Waals surface area contributed by atoms with Gasteiger partial charge in [0.05, 0.1) is 23.0 Å². The van der Waals surface area contributed by atoms with Crippen molar-refractivity contribution in [3.63, 3.8) is 0 Å². The van der Waals surface area contributed by atoms with Crippen molar-refractivity contribution in [2.45, 2.75) is 39.6 Å². The Bertz CT molecular complexity index is 1480. The zero-order valence-corrected chi connectivity index (χ0v) is 28.1. The summed E-state index contributed by atoms with van der Waals surface area (Å²) in [6.45, 7) is 7.04. The predicted molar refractivity (Wildman–Crippen MR) is 178 cm³/mol. The van der Waals surface area contributed by atoms with Crippen molar-refractivity contribution in [1.29, 1.82) is 0 Å². The molecule has 0 radical (unpaired) electrons. The number of ether oxygens (including phenoxy) is 1. The minimum Gasteiger partial charge on any atom is -0.474 e. The number of aryl methyl sites for hydroxylation is 1. The highest BCUT2D eigenvalue weighted by atomic mass is 32.2. The molecule has 2 aromatic heterocycles. The molecule has 0 spiro atoms. The molecular weight excluding hydrogens is 619 g/mol. The molecule has 3 rings (SSSR count). The Labute approximate surface area is 258 Å². The number of nitrogens with two attached hydrogens (primary N) is 1. The van der Waals surface area contributed by atoms with Gasteiger partial charge in [0.25, 0.3) is 0 Å². The largest absolute Gasteiger partial charge is 0.474 e. The van der Waals surface area contributed by atoms with Crippen molar-refractivity contribution in [3.8, 4) is 17.1 Å². The Morgan fingerprint density at radius 1 is 1.21 bits per heavy atom. The number of hydrogen-bond acceptors (Lipinski definition) is 9. The highest BCUT2D eigenvalue weighted by molar-refractivity contribution is 7.96. The van der Waals surface area contributed by atoms with Crippen LogP contribution in [0.2, 0.25) is 0 Å². The van der Waals surface area contributed by atoms with E-state index in [1.807, 2.05) is 13.3 Å². The molecule has 5 N–H and O–H groups in total. The second-order valence-electron chi connectivity index (χ2n) is 9.72. The number of carbonyl (C=O) groups excluding carboxylic acids is 1. The number of nitrogens with one attached hydrogen (secondary N) is 3. The van der Waals surface area contributed by atoms with Gasteiger partial charge in [0.15, 0.2) is 6.29 Å². The van der Waals surface area contributed by atoms with Crippen LogP contribution in [-0.4, -0.2) is 48.3 Å². The standard InChI is InChI=1S/C24H27F3N4O3P2.C4H12N2S/c1-11(2)34-23-15(10-32)19(29-8-13-5-6-17(33)31(4)9-13)22(36)20(30-23)14-7-16(28)21(35)12(3)18(14)24(25,26)27;1-5-3-4-6-7-2/h5-7,9-11H,8,28,35-36H2,1-4H3,(H,29,30);5-6H,3-4H2,1-2H3. The maximum atomic E-state index is 14.2. The molecular formula is C28H39F3N6O3P2S. The molecule has 0 fully saturated rings. The summed E-state index contributed by atoms with van der Waals surface area (Å²) in [5.74, 6) is -0.108. The summed E-state index contributed by atoms with van der Waals surface area (Å²) in [7, 11) is 8.17. The lowest BCUT2D eigenvalue weighted by Gasteiger charge is -2.23. The van der Waals surface area contributed by atoms with Crippen LogP contribution in [0.5, 0.6) is 5.88 Å². The summed E-state index contributed by atoms with van der Waals surface area (Å²) in [5, 5.41) is 6.62. The lowest BCUT2D eigenvalue weighted by atomic mass is 9.96. The molecule has 9 nitrogen and oxygen atoms in total. The molecule has 236 valence electrons. The van der Waals surface area contributed by atoms with Crippen LogP contribution < -0.4 is 42.0 Å². The number of pyridine rings is 2. The van der Waals surface area contributed by atoms with Crippen LogP contribution in [0, 0.1) is 6.92 Å². The van der Waals surface area contributed by atoms with Gasteiger partial charge in [0.1, 0.15) is 5.56 Å². The van der Waals surface area contributed by atoms with Crippen molar-refractivity contribution in [1.82, 2.24) is 19.6 Å². The van der Waals surface area contributed by atoms with Gasteiger partial charge in [-0.15, -0.1) is 18.5 Å². The number of aromatic nitrogens is 2. The maximum absolute atomic E-state index is 14.2.